The van der Waals surface area contributed by atoms with Gasteiger partial charge < -0.3 is 9.64 Å². The number of amidine groups is 1. The summed E-state index contributed by atoms with van der Waals surface area (Å²) in [5, 5.41) is 0.0983. The zero-order valence-corrected chi connectivity index (χ0v) is 17.1. The first-order valence-corrected chi connectivity index (χ1v) is 10.5. The number of aryl methyl sites for hydroxylation is 1. The van der Waals surface area contributed by atoms with Crippen molar-refractivity contribution in [1.82, 2.24) is 4.90 Å². The molecule has 2 aliphatic heterocycles. The average Bonchev–Trinajstić information content (AvgIpc) is 3.13. The minimum Gasteiger partial charge on any atom is -0.378 e. The Kier molecular flexibility index (Phi) is 5.97. The number of thioether (sulfide) groups is 1. The van der Waals surface area contributed by atoms with E-state index in [4.69, 9.17) is 4.74 Å². The Hall–Kier alpha value is -2.64. The lowest BCUT2D eigenvalue weighted by molar-refractivity contribution is -0.134. The minimum atomic E-state index is -0.466. The number of amides is 2. The van der Waals surface area contributed by atoms with E-state index in [0.717, 1.165) is 16.8 Å². The van der Waals surface area contributed by atoms with Gasteiger partial charge in [-0.05, 0) is 24.6 Å². The Labute approximate surface area is 174 Å². The van der Waals surface area contributed by atoms with Crippen LogP contribution in [-0.4, -0.2) is 54.7 Å². The summed E-state index contributed by atoms with van der Waals surface area (Å²) in [5.41, 5.74) is 2.80. The molecule has 2 heterocycles. The Bertz CT molecular complexity index is 909. The molecule has 2 aliphatic rings. The molecule has 0 aliphatic carbocycles. The monoisotopic (exact) mass is 409 g/mol. The second-order valence-corrected chi connectivity index (χ2v) is 8.08. The van der Waals surface area contributed by atoms with Gasteiger partial charge in [-0.2, -0.15) is 0 Å². The smallest absolute Gasteiger partial charge is 0.254 e. The Morgan fingerprint density at radius 2 is 1.76 bits per heavy atom. The molecule has 0 bridgehead atoms. The number of nitrogens with zero attached hydrogens (tertiary/aromatic N) is 3. The number of hydrogen-bond acceptors (Lipinski definition) is 5. The number of morpholine rings is 1. The molecule has 4 rings (SSSR count). The Morgan fingerprint density at radius 3 is 2.45 bits per heavy atom. The van der Waals surface area contributed by atoms with Crippen LogP contribution in [0.25, 0.3) is 0 Å². The van der Waals surface area contributed by atoms with Crippen molar-refractivity contribution in [2.75, 3.05) is 37.7 Å². The molecule has 0 aromatic heterocycles. The zero-order valence-electron chi connectivity index (χ0n) is 16.3. The molecule has 0 radical (unpaired) electrons. The number of rotatable bonds is 4. The maximum absolute atomic E-state index is 13.3. The van der Waals surface area contributed by atoms with Gasteiger partial charge in [-0.25, -0.2) is 0 Å². The third kappa shape index (κ3) is 4.36. The second-order valence-electron chi connectivity index (χ2n) is 7.01. The highest BCUT2D eigenvalue weighted by atomic mass is 32.2. The quantitative estimate of drug-likeness (QED) is 0.779. The molecule has 1 saturated heterocycles. The molecule has 29 heavy (non-hydrogen) atoms. The molecule has 1 atom stereocenters. The first-order valence-electron chi connectivity index (χ1n) is 9.66. The van der Waals surface area contributed by atoms with Gasteiger partial charge in [0.1, 0.15) is 11.8 Å². The summed E-state index contributed by atoms with van der Waals surface area (Å²) >= 11 is 1.34. The molecule has 6 nitrogen and oxygen atoms in total. The van der Waals surface area contributed by atoms with Crippen LogP contribution >= 0.6 is 11.8 Å². The lowest BCUT2D eigenvalue weighted by atomic mass is 10.1. The number of ether oxygens (including phenoxy) is 1. The molecule has 0 spiro atoms. The van der Waals surface area contributed by atoms with Crippen LogP contribution in [0.4, 0.5) is 5.69 Å². The normalized spacial score (nSPS) is 18.0. The van der Waals surface area contributed by atoms with Crippen molar-refractivity contribution < 1.29 is 14.3 Å². The van der Waals surface area contributed by atoms with E-state index in [1.54, 1.807) is 4.90 Å². The van der Waals surface area contributed by atoms with Crippen LogP contribution in [0.2, 0.25) is 0 Å². The SMILES string of the molecule is Cc1ccc(N2C(=O)CN=C2S[C@H](C(=O)N2CCOCC2)c2ccccc2)cc1. The molecule has 2 aromatic carbocycles. The zero-order chi connectivity index (χ0) is 20.2. The maximum Gasteiger partial charge on any atom is 0.254 e. The molecule has 7 heteroatoms. The highest BCUT2D eigenvalue weighted by molar-refractivity contribution is 8.15. The number of carbonyl (C=O) groups is 2. The molecular weight excluding hydrogens is 386 g/mol. The summed E-state index contributed by atoms with van der Waals surface area (Å²) < 4.78 is 5.39. The van der Waals surface area contributed by atoms with E-state index in [1.165, 1.54) is 11.8 Å². The number of hydrogen-bond donors (Lipinski definition) is 0. The largest absolute Gasteiger partial charge is 0.378 e. The van der Waals surface area contributed by atoms with Crippen LogP contribution in [0.3, 0.4) is 0 Å². The number of carbonyl (C=O) groups excluding carboxylic acids is 2. The fourth-order valence-electron chi connectivity index (χ4n) is 3.37. The fourth-order valence-corrected chi connectivity index (χ4v) is 4.57. The third-order valence-electron chi connectivity index (χ3n) is 4.96. The second kappa shape index (κ2) is 8.80. The van der Waals surface area contributed by atoms with E-state index in [-0.39, 0.29) is 18.4 Å². The highest BCUT2D eigenvalue weighted by Crippen LogP contribution is 2.36. The van der Waals surface area contributed by atoms with E-state index in [0.29, 0.717) is 31.5 Å². The van der Waals surface area contributed by atoms with Crippen LogP contribution in [0.1, 0.15) is 16.4 Å². The minimum absolute atomic E-state index is 0.0235. The van der Waals surface area contributed by atoms with Crippen molar-refractivity contribution in [3.8, 4) is 0 Å². The first-order chi connectivity index (χ1) is 14.1. The van der Waals surface area contributed by atoms with Crippen molar-refractivity contribution in [2.24, 2.45) is 4.99 Å². The van der Waals surface area contributed by atoms with Gasteiger partial charge in [0, 0.05) is 13.1 Å². The summed E-state index contributed by atoms with van der Waals surface area (Å²) in [6.07, 6.45) is 0. The van der Waals surface area contributed by atoms with E-state index in [1.807, 2.05) is 66.4 Å². The molecular formula is C22H23N3O3S. The highest BCUT2D eigenvalue weighted by Gasteiger charge is 2.34. The van der Waals surface area contributed by atoms with Gasteiger partial charge in [0.15, 0.2) is 5.17 Å². The summed E-state index contributed by atoms with van der Waals surface area (Å²) in [7, 11) is 0. The fraction of sp³-hybridized carbons (Fsp3) is 0.318. The van der Waals surface area contributed by atoms with Gasteiger partial charge >= 0.3 is 0 Å². The summed E-state index contributed by atoms with van der Waals surface area (Å²) in [5.74, 6) is -0.0580. The molecule has 150 valence electrons. The van der Waals surface area contributed by atoms with Crippen molar-refractivity contribution in [3.63, 3.8) is 0 Å². The molecule has 0 unspecified atom stereocenters. The van der Waals surface area contributed by atoms with Crippen LogP contribution in [-0.2, 0) is 14.3 Å². The molecule has 2 aromatic rings. The average molecular weight is 410 g/mol. The van der Waals surface area contributed by atoms with E-state index < -0.39 is 5.25 Å². The van der Waals surface area contributed by atoms with Gasteiger partial charge in [-0.3, -0.25) is 19.5 Å². The van der Waals surface area contributed by atoms with Crippen LogP contribution in [0.15, 0.2) is 59.6 Å². The number of benzene rings is 2. The van der Waals surface area contributed by atoms with Gasteiger partial charge in [-0.15, -0.1) is 0 Å². The summed E-state index contributed by atoms with van der Waals surface area (Å²) in [6, 6.07) is 17.4. The predicted molar refractivity (Wildman–Crippen MR) is 115 cm³/mol. The standard InChI is InChI=1S/C22H23N3O3S/c1-16-7-9-18(10-8-16)25-19(26)15-23-22(25)29-20(17-5-3-2-4-6-17)21(27)24-11-13-28-14-12-24/h2-10,20H,11-15H2,1H3/t20-/m0/s1. The van der Waals surface area contributed by atoms with E-state index in [2.05, 4.69) is 4.99 Å². The lowest BCUT2D eigenvalue weighted by Gasteiger charge is -2.31. The van der Waals surface area contributed by atoms with Gasteiger partial charge in [-0.1, -0.05) is 59.8 Å². The first kappa shape index (κ1) is 19.7. The molecule has 0 saturated carbocycles. The van der Waals surface area contributed by atoms with Gasteiger partial charge in [0.2, 0.25) is 5.91 Å². The molecule has 2 amide bonds. The third-order valence-corrected chi connectivity index (χ3v) is 6.19. The predicted octanol–water partition coefficient (Wildman–Crippen LogP) is 3.03. The Morgan fingerprint density at radius 1 is 1.07 bits per heavy atom. The maximum atomic E-state index is 13.3. The van der Waals surface area contributed by atoms with Crippen molar-refractivity contribution in [3.05, 3.63) is 65.7 Å². The van der Waals surface area contributed by atoms with Crippen molar-refractivity contribution in [2.45, 2.75) is 12.2 Å². The van der Waals surface area contributed by atoms with Gasteiger partial charge in [0.05, 0.1) is 18.9 Å². The van der Waals surface area contributed by atoms with E-state index in [9.17, 15) is 9.59 Å². The van der Waals surface area contributed by atoms with Crippen LogP contribution in [0.5, 0.6) is 0 Å². The van der Waals surface area contributed by atoms with Crippen LogP contribution in [0, 0.1) is 6.92 Å². The topological polar surface area (TPSA) is 62.2 Å². The Balaban J connectivity index is 1.62. The van der Waals surface area contributed by atoms with E-state index >= 15 is 0 Å². The van der Waals surface area contributed by atoms with Crippen molar-refractivity contribution >= 4 is 34.4 Å². The van der Waals surface area contributed by atoms with Gasteiger partial charge in [0.25, 0.3) is 5.91 Å². The molecule has 0 N–H and O–H groups in total. The molecule has 1 fully saturated rings. The number of anilines is 1. The summed E-state index contributed by atoms with van der Waals surface area (Å²) in [6.45, 7) is 4.36. The van der Waals surface area contributed by atoms with Crippen molar-refractivity contribution in [1.29, 1.82) is 0 Å². The summed E-state index contributed by atoms with van der Waals surface area (Å²) in [4.78, 5) is 33.8. The van der Waals surface area contributed by atoms with Crippen LogP contribution < -0.4 is 4.90 Å². The lowest BCUT2D eigenvalue weighted by Crippen LogP contribution is -2.43. The number of aliphatic imine (C=N–C) groups is 1.